The van der Waals surface area contributed by atoms with E-state index in [-0.39, 0.29) is 5.41 Å². The first-order chi connectivity index (χ1) is 27.0. The second-order valence-corrected chi connectivity index (χ2v) is 15.0. The summed E-state index contributed by atoms with van der Waals surface area (Å²) < 4.78 is 0. The summed E-state index contributed by atoms with van der Waals surface area (Å²) in [6, 6.07) is 75.3. The lowest BCUT2D eigenvalue weighted by molar-refractivity contribution is 0.632. The van der Waals surface area contributed by atoms with Crippen molar-refractivity contribution in [3.05, 3.63) is 217 Å². The summed E-state index contributed by atoms with van der Waals surface area (Å²) in [4.78, 5) is 4.97. The Labute approximate surface area is 323 Å². The minimum absolute atomic E-state index is 0.221. The van der Waals surface area contributed by atoms with Crippen molar-refractivity contribution in [3.63, 3.8) is 0 Å². The number of rotatable bonds is 6. The molecule has 1 aliphatic rings. The van der Waals surface area contributed by atoms with Crippen LogP contribution >= 0.6 is 0 Å². The molecule has 10 rings (SSSR count). The third-order valence-corrected chi connectivity index (χ3v) is 11.4. The van der Waals surface area contributed by atoms with Gasteiger partial charge in [-0.3, -0.25) is 0 Å². The fraction of sp³-hybridized carbons (Fsp3) is 0.0566. The predicted molar refractivity (Wildman–Crippen MR) is 234 cm³/mol. The summed E-state index contributed by atoms with van der Waals surface area (Å²) in [5.41, 5.74) is 14.0. The highest BCUT2D eigenvalue weighted by atomic mass is 15.2. The van der Waals surface area contributed by atoms with Crippen LogP contribution < -0.4 is 9.80 Å². The van der Waals surface area contributed by atoms with Gasteiger partial charge >= 0.3 is 0 Å². The number of hydrogen-bond acceptors (Lipinski definition) is 2. The summed E-state index contributed by atoms with van der Waals surface area (Å²) in [6.07, 6.45) is 0. The summed E-state index contributed by atoms with van der Waals surface area (Å²) in [5.74, 6) is 0. The molecule has 0 spiro atoms. The number of para-hydroxylation sites is 2. The number of benzene rings is 9. The van der Waals surface area contributed by atoms with Crippen LogP contribution in [0.3, 0.4) is 0 Å². The molecule has 1 heterocycles. The van der Waals surface area contributed by atoms with Crippen molar-refractivity contribution in [2.75, 3.05) is 9.80 Å². The first kappa shape index (κ1) is 32.7. The SMILES string of the molecule is CC1(C)c2ccccc2N(c2c(N(c3ccccc3)c3ccc(-c4ccccc4)cc3)ccc3ccccc23)c2cc(-c3ccc4ccccc4c3)ccc21. The van der Waals surface area contributed by atoms with Crippen molar-refractivity contribution in [2.45, 2.75) is 19.3 Å². The highest BCUT2D eigenvalue weighted by Crippen LogP contribution is 2.57. The quantitative estimate of drug-likeness (QED) is 0.170. The number of hydrogen-bond donors (Lipinski definition) is 0. The van der Waals surface area contributed by atoms with Gasteiger partial charge in [0.25, 0.3) is 0 Å². The normalized spacial score (nSPS) is 13.0. The molecule has 0 saturated heterocycles. The molecule has 262 valence electrons. The van der Waals surface area contributed by atoms with Gasteiger partial charge in [0.05, 0.1) is 22.7 Å². The fourth-order valence-corrected chi connectivity index (χ4v) is 8.60. The average molecular weight is 705 g/mol. The number of fused-ring (bicyclic) bond motifs is 4. The zero-order valence-corrected chi connectivity index (χ0v) is 31.0. The van der Waals surface area contributed by atoms with Crippen LogP contribution in [-0.2, 0) is 5.41 Å². The van der Waals surface area contributed by atoms with Crippen LogP contribution in [-0.4, -0.2) is 0 Å². The highest BCUT2D eigenvalue weighted by Gasteiger charge is 2.38. The van der Waals surface area contributed by atoms with E-state index in [0.29, 0.717) is 0 Å². The molecule has 2 nitrogen and oxygen atoms in total. The van der Waals surface area contributed by atoms with Crippen LogP contribution in [0, 0.1) is 0 Å². The summed E-state index contributed by atoms with van der Waals surface area (Å²) >= 11 is 0. The van der Waals surface area contributed by atoms with Crippen molar-refractivity contribution >= 4 is 55.7 Å². The Morgan fingerprint density at radius 2 is 0.927 bits per heavy atom. The van der Waals surface area contributed by atoms with E-state index in [1.807, 2.05) is 0 Å². The topological polar surface area (TPSA) is 6.48 Å². The second kappa shape index (κ2) is 13.2. The van der Waals surface area contributed by atoms with E-state index in [4.69, 9.17) is 0 Å². The molecule has 0 bridgehead atoms. The molecule has 0 N–H and O–H groups in total. The molecule has 2 heteroatoms. The molecule has 9 aromatic carbocycles. The lowest BCUT2D eigenvalue weighted by atomic mass is 9.73. The molecule has 0 radical (unpaired) electrons. The predicted octanol–water partition coefficient (Wildman–Crippen LogP) is 14.9. The number of nitrogens with zero attached hydrogens (tertiary/aromatic N) is 2. The monoisotopic (exact) mass is 704 g/mol. The summed E-state index contributed by atoms with van der Waals surface area (Å²) in [6.45, 7) is 4.73. The Kier molecular flexibility index (Phi) is 7.85. The van der Waals surface area contributed by atoms with E-state index >= 15 is 0 Å². The Bertz CT molecular complexity index is 2840. The minimum Gasteiger partial charge on any atom is -0.308 e. The van der Waals surface area contributed by atoms with Crippen LogP contribution in [0.4, 0.5) is 34.1 Å². The number of anilines is 6. The van der Waals surface area contributed by atoms with Crippen LogP contribution in [0.2, 0.25) is 0 Å². The molecule has 0 unspecified atom stereocenters. The van der Waals surface area contributed by atoms with E-state index in [1.54, 1.807) is 0 Å². The van der Waals surface area contributed by atoms with Gasteiger partial charge in [-0.2, -0.15) is 0 Å². The molecule has 0 atom stereocenters. The molecule has 0 amide bonds. The Balaban J connectivity index is 1.24. The third kappa shape index (κ3) is 5.57. The summed E-state index contributed by atoms with van der Waals surface area (Å²) in [7, 11) is 0. The molecule has 55 heavy (non-hydrogen) atoms. The van der Waals surface area contributed by atoms with Gasteiger partial charge in [-0.15, -0.1) is 0 Å². The van der Waals surface area contributed by atoms with Gasteiger partial charge in [0.15, 0.2) is 0 Å². The lowest BCUT2D eigenvalue weighted by Crippen LogP contribution is -2.31. The van der Waals surface area contributed by atoms with Crippen molar-refractivity contribution in [2.24, 2.45) is 0 Å². The maximum Gasteiger partial charge on any atom is 0.0781 e. The molecule has 0 fully saturated rings. The van der Waals surface area contributed by atoms with E-state index in [2.05, 4.69) is 230 Å². The van der Waals surface area contributed by atoms with Crippen molar-refractivity contribution in [3.8, 4) is 22.3 Å². The van der Waals surface area contributed by atoms with Crippen molar-refractivity contribution < 1.29 is 0 Å². The van der Waals surface area contributed by atoms with Gasteiger partial charge in [-0.1, -0.05) is 172 Å². The van der Waals surface area contributed by atoms with Crippen LogP contribution in [0.15, 0.2) is 206 Å². The van der Waals surface area contributed by atoms with Crippen LogP contribution in [0.5, 0.6) is 0 Å². The third-order valence-electron chi connectivity index (χ3n) is 11.4. The van der Waals surface area contributed by atoms with Crippen LogP contribution in [0.1, 0.15) is 25.0 Å². The molecular formula is C53H40N2. The van der Waals surface area contributed by atoms with Gasteiger partial charge in [0.1, 0.15) is 0 Å². The zero-order chi connectivity index (χ0) is 36.9. The Hall–Kier alpha value is -6.90. The fourth-order valence-electron chi connectivity index (χ4n) is 8.60. The first-order valence-corrected chi connectivity index (χ1v) is 19.1. The smallest absolute Gasteiger partial charge is 0.0781 e. The van der Waals surface area contributed by atoms with Crippen LogP contribution in [0.25, 0.3) is 43.8 Å². The molecule has 0 saturated carbocycles. The highest BCUT2D eigenvalue weighted by molar-refractivity contribution is 6.09. The van der Waals surface area contributed by atoms with E-state index in [1.165, 1.54) is 66.3 Å². The largest absolute Gasteiger partial charge is 0.308 e. The van der Waals surface area contributed by atoms with Gasteiger partial charge in [-0.25, -0.2) is 0 Å². The maximum atomic E-state index is 2.55. The Morgan fingerprint density at radius 3 is 1.73 bits per heavy atom. The lowest BCUT2D eigenvalue weighted by Gasteiger charge is -2.44. The maximum absolute atomic E-state index is 2.55. The Morgan fingerprint density at radius 1 is 0.382 bits per heavy atom. The first-order valence-electron chi connectivity index (χ1n) is 19.1. The molecule has 9 aromatic rings. The van der Waals surface area contributed by atoms with Gasteiger partial charge in [-0.05, 0) is 98.1 Å². The summed E-state index contributed by atoms with van der Waals surface area (Å²) in [5, 5.41) is 4.88. The molecule has 0 aromatic heterocycles. The van der Waals surface area contributed by atoms with E-state index in [9.17, 15) is 0 Å². The van der Waals surface area contributed by atoms with Gasteiger partial charge in [0.2, 0.25) is 0 Å². The van der Waals surface area contributed by atoms with Gasteiger partial charge in [0, 0.05) is 22.2 Å². The standard InChI is InChI=1S/C53H40N2/c1-53(2)47-23-13-14-24-49(47)55(51-36-43(29-33-48(51)53)42-26-25-38-17-9-10-19-41(38)35-42)52-46-22-12-11-18-40(46)30-34-50(52)54(44-20-7-4-8-21-44)45-31-27-39(28-32-45)37-15-5-3-6-16-37/h3-36H,1-2H3. The van der Waals surface area contributed by atoms with Crippen molar-refractivity contribution in [1.82, 2.24) is 0 Å². The van der Waals surface area contributed by atoms with Crippen molar-refractivity contribution in [1.29, 1.82) is 0 Å². The zero-order valence-electron chi connectivity index (χ0n) is 31.0. The molecular weight excluding hydrogens is 665 g/mol. The molecule has 1 aliphatic heterocycles. The van der Waals surface area contributed by atoms with E-state index in [0.717, 1.165) is 22.7 Å². The van der Waals surface area contributed by atoms with E-state index < -0.39 is 0 Å². The molecule has 0 aliphatic carbocycles. The van der Waals surface area contributed by atoms with Gasteiger partial charge < -0.3 is 9.80 Å². The minimum atomic E-state index is -0.221. The second-order valence-electron chi connectivity index (χ2n) is 15.0. The average Bonchev–Trinajstić information content (AvgIpc) is 3.25.